The second-order valence-electron chi connectivity index (χ2n) is 21.2. The first-order valence-electron chi connectivity index (χ1n) is 17.8. The first kappa shape index (κ1) is 43.7. The fourth-order valence-corrected chi connectivity index (χ4v) is 9.38. The highest BCUT2D eigenvalue weighted by Crippen LogP contribution is 2.48. The molecule has 1 heteroatoms. The van der Waals surface area contributed by atoms with E-state index in [1.54, 1.807) is 0 Å². The van der Waals surface area contributed by atoms with Crippen LogP contribution >= 0.6 is 0 Å². The van der Waals surface area contributed by atoms with Crippen LogP contribution in [-0.4, -0.2) is 8.07 Å². The number of rotatable bonds is 16. The molecule has 0 unspecified atom stereocenters. The number of hydrogen-bond acceptors (Lipinski definition) is 0. The minimum absolute atomic E-state index is 0.0846. The standard InChI is InChI=1S/C38H66.C6H14Si/c1-18-20-33(6,7)25-35(10,11)27-37(14,15)30-22-29(32(3,4)5)23-31(24-30)38(16,17)28-36(12,13)26-34(8,9)21-19-2;1-5-6-7(2,3)4/h18-19,22-24H,1-2,20-21,25-28H2,3-17H3;5H,1,6H2,2-4H3. The molecular formula is C44H80Si. The average molecular weight is 637 g/mol. The smallest absolute Gasteiger partial charge is 0.0480 e. The Morgan fingerprint density at radius 1 is 0.467 bits per heavy atom. The van der Waals surface area contributed by atoms with E-state index in [4.69, 9.17) is 0 Å². The van der Waals surface area contributed by atoms with Crippen LogP contribution in [0.25, 0.3) is 0 Å². The summed E-state index contributed by atoms with van der Waals surface area (Å²) in [4.78, 5) is 0. The van der Waals surface area contributed by atoms with Crippen LogP contribution in [0.3, 0.4) is 0 Å². The Labute approximate surface area is 286 Å². The molecule has 0 saturated carbocycles. The molecule has 260 valence electrons. The third-order valence-corrected chi connectivity index (χ3v) is 10.8. The van der Waals surface area contributed by atoms with Crippen molar-refractivity contribution >= 4 is 8.07 Å². The summed E-state index contributed by atoms with van der Waals surface area (Å²) in [6.07, 6.45) is 13.0. The lowest BCUT2D eigenvalue weighted by molar-refractivity contribution is 0.153. The first-order chi connectivity index (χ1) is 19.8. The van der Waals surface area contributed by atoms with E-state index in [1.807, 2.05) is 6.08 Å². The fourth-order valence-electron chi connectivity index (χ4n) is 8.51. The molecule has 45 heavy (non-hydrogen) atoms. The SMILES string of the molecule is C=CCC(C)(C)CC(C)(C)CC(C)(C)c1cc(C(C)(C)C)cc(C(C)(C)CC(C)(C)CC(C)(C)CC=C)c1.C=CC[Si](C)(C)C. The van der Waals surface area contributed by atoms with E-state index >= 15 is 0 Å². The summed E-state index contributed by atoms with van der Waals surface area (Å²) in [7, 11) is -0.775. The van der Waals surface area contributed by atoms with Gasteiger partial charge in [0, 0.05) is 8.07 Å². The summed E-state index contributed by atoms with van der Waals surface area (Å²) in [6.45, 7) is 55.1. The quantitative estimate of drug-likeness (QED) is 0.125. The van der Waals surface area contributed by atoms with Gasteiger partial charge in [0.05, 0.1) is 0 Å². The third-order valence-electron chi connectivity index (χ3n) is 9.27. The van der Waals surface area contributed by atoms with Crippen molar-refractivity contribution in [3.05, 3.63) is 72.9 Å². The lowest BCUT2D eigenvalue weighted by Crippen LogP contribution is -2.33. The predicted molar refractivity (Wildman–Crippen MR) is 213 cm³/mol. The lowest BCUT2D eigenvalue weighted by Gasteiger charge is -2.42. The Kier molecular flexibility index (Phi) is 15.2. The predicted octanol–water partition coefficient (Wildman–Crippen LogP) is 14.9. The molecule has 0 fully saturated rings. The zero-order valence-electron chi connectivity index (χ0n) is 34.0. The third kappa shape index (κ3) is 16.9. The summed E-state index contributed by atoms with van der Waals surface area (Å²) in [5, 5.41) is 0. The van der Waals surface area contributed by atoms with Crippen molar-refractivity contribution in [1.29, 1.82) is 0 Å². The van der Waals surface area contributed by atoms with E-state index in [0.717, 1.165) is 25.7 Å². The molecule has 0 saturated heterocycles. The number of benzene rings is 1. The largest absolute Gasteiger partial charge is 0.103 e. The van der Waals surface area contributed by atoms with E-state index in [2.05, 4.69) is 174 Å². The number of allylic oxidation sites excluding steroid dienone is 3. The van der Waals surface area contributed by atoms with E-state index in [9.17, 15) is 0 Å². The molecule has 1 aromatic carbocycles. The normalized spacial score (nSPS) is 14.0. The van der Waals surface area contributed by atoms with Gasteiger partial charge in [-0.3, -0.25) is 0 Å². The van der Waals surface area contributed by atoms with E-state index in [-0.39, 0.29) is 37.9 Å². The Morgan fingerprint density at radius 3 is 1.00 bits per heavy atom. The molecule has 0 bridgehead atoms. The molecule has 0 aliphatic rings. The maximum absolute atomic E-state index is 4.01. The van der Waals surface area contributed by atoms with Gasteiger partial charge in [0.15, 0.2) is 0 Å². The monoisotopic (exact) mass is 637 g/mol. The van der Waals surface area contributed by atoms with Crippen LogP contribution in [0, 0.1) is 21.7 Å². The molecular weight excluding hydrogens is 557 g/mol. The van der Waals surface area contributed by atoms with Crippen molar-refractivity contribution < 1.29 is 0 Å². The van der Waals surface area contributed by atoms with Gasteiger partial charge in [-0.1, -0.05) is 160 Å². The van der Waals surface area contributed by atoms with Crippen molar-refractivity contribution in [3.8, 4) is 0 Å². The van der Waals surface area contributed by atoms with Crippen LogP contribution in [-0.2, 0) is 16.2 Å². The first-order valence-corrected chi connectivity index (χ1v) is 21.5. The fraction of sp³-hybridized carbons (Fsp3) is 0.727. The Bertz CT molecular complexity index is 1020. The van der Waals surface area contributed by atoms with Gasteiger partial charge in [-0.2, -0.15) is 0 Å². The molecule has 0 aliphatic carbocycles. The Balaban J connectivity index is 0.00000246. The molecule has 0 aromatic heterocycles. The van der Waals surface area contributed by atoms with Gasteiger partial charge in [-0.15, -0.1) is 19.7 Å². The summed E-state index contributed by atoms with van der Waals surface area (Å²) in [5.41, 5.74) is 5.74. The van der Waals surface area contributed by atoms with Crippen LogP contribution in [0.5, 0.6) is 0 Å². The second-order valence-corrected chi connectivity index (χ2v) is 26.7. The van der Waals surface area contributed by atoms with Crippen LogP contribution < -0.4 is 0 Å². The molecule has 0 aliphatic heterocycles. The highest BCUT2D eigenvalue weighted by molar-refractivity contribution is 6.76. The van der Waals surface area contributed by atoms with Crippen LogP contribution in [0.4, 0.5) is 0 Å². The van der Waals surface area contributed by atoms with Gasteiger partial charge in [0.2, 0.25) is 0 Å². The summed E-state index contributed by atoms with van der Waals surface area (Å²) in [6, 6.07) is 8.84. The summed E-state index contributed by atoms with van der Waals surface area (Å²) < 4.78 is 0. The van der Waals surface area contributed by atoms with Crippen LogP contribution in [0.1, 0.15) is 159 Å². The summed E-state index contributed by atoms with van der Waals surface area (Å²) >= 11 is 0. The minimum atomic E-state index is -0.775. The highest BCUT2D eigenvalue weighted by Gasteiger charge is 2.38. The van der Waals surface area contributed by atoms with Gasteiger partial charge in [0.25, 0.3) is 0 Å². The van der Waals surface area contributed by atoms with E-state index in [1.165, 1.54) is 35.6 Å². The maximum atomic E-state index is 4.01. The second kappa shape index (κ2) is 15.7. The van der Waals surface area contributed by atoms with Crippen molar-refractivity contribution in [2.75, 3.05) is 0 Å². The molecule has 0 heterocycles. The number of hydrogen-bond donors (Lipinski definition) is 0. The van der Waals surface area contributed by atoms with Crippen molar-refractivity contribution in [1.82, 2.24) is 0 Å². The molecule has 1 aromatic rings. The topological polar surface area (TPSA) is 0 Å². The minimum Gasteiger partial charge on any atom is -0.103 e. The molecule has 0 atom stereocenters. The molecule has 0 spiro atoms. The van der Waals surface area contributed by atoms with Gasteiger partial charge >= 0.3 is 0 Å². The van der Waals surface area contributed by atoms with Crippen molar-refractivity contribution in [3.63, 3.8) is 0 Å². The molecule has 0 radical (unpaired) electrons. The van der Waals surface area contributed by atoms with Crippen LogP contribution in [0.15, 0.2) is 56.2 Å². The van der Waals surface area contributed by atoms with Gasteiger partial charge in [-0.05, 0) is 99.2 Å². The van der Waals surface area contributed by atoms with Crippen molar-refractivity contribution in [2.45, 2.75) is 184 Å². The Morgan fingerprint density at radius 2 is 0.778 bits per heavy atom. The van der Waals surface area contributed by atoms with E-state index < -0.39 is 8.07 Å². The van der Waals surface area contributed by atoms with Gasteiger partial charge < -0.3 is 0 Å². The van der Waals surface area contributed by atoms with Crippen LogP contribution in [0.2, 0.25) is 25.7 Å². The molecule has 0 N–H and O–H groups in total. The molecule has 1 rings (SSSR count). The maximum Gasteiger partial charge on any atom is 0.0480 e. The zero-order chi connectivity index (χ0) is 35.9. The van der Waals surface area contributed by atoms with Gasteiger partial charge in [-0.25, -0.2) is 0 Å². The molecule has 0 nitrogen and oxygen atoms in total. The van der Waals surface area contributed by atoms with Gasteiger partial charge in [0.1, 0.15) is 0 Å². The van der Waals surface area contributed by atoms with E-state index in [0.29, 0.717) is 0 Å². The zero-order valence-corrected chi connectivity index (χ0v) is 35.0. The molecule has 0 amide bonds. The lowest BCUT2D eigenvalue weighted by atomic mass is 9.63. The summed E-state index contributed by atoms with van der Waals surface area (Å²) in [5.74, 6) is 0. The average Bonchev–Trinajstić information content (AvgIpc) is 2.74. The van der Waals surface area contributed by atoms with Crippen molar-refractivity contribution in [2.24, 2.45) is 21.7 Å². The Hall–Kier alpha value is -1.34. The highest BCUT2D eigenvalue weighted by atomic mass is 28.3.